The van der Waals surface area contributed by atoms with E-state index in [-0.39, 0.29) is 35.7 Å². The van der Waals surface area contributed by atoms with Crippen molar-refractivity contribution in [3.63, 3.8) is 0 Å². The summed E-state index contributed by atoms with van der Waals surface area (Å²) >= 11 is 0. The molecule has 0 fully saturated rings. The van der Waals surface area contributed by atoms with Crippen molar-refractivity contribution in [1.29, 1.82) is 0 Å². The molecule has 0 aliphatic heterocycles. The van der Waals surface area contributed by atoms with Gasteiger partial charge in [-0.05, 0) is 18.2 Å². The molecule has 5 nitrogen and oxygen atoms in total. The van der Waals surface area contributed by atoms with Crippen LogP contribution < -0.4 is 5.32 Å². The van der Waals surface area contributed by atoms with Crippen LogP contribution in [0.4, 0.5) is 5.69 Å². The zero-order chi connectivity index (χ0) is 12.8. The Morgan fingerprint density at radius 1 is 1.41 bits per heavy atom. The van der Waals surface area contributed by atoms with E-state index in [9.17, 15) is 14.7 Å². The second-order valence-electron chi connectivity index (χ2n) is 3.29. The third kappa shape index (κ3) is 3.54. The zero-order valence-corrected chi connectivity index (χ0v) is 8.93. The monoisotopic (exact) mass is 233 g/mol. The Morgan fingerprint density at radius 3 is 2.71 bits per heavy atom. The maximum Gasteiger partial charge on any atom is 0.335 e. The first-order valence-electron chi connectivity index (χ1n) is 4.84. The number of benzene rings is 1. The minimum absolute atomic E-state index is 0.0185. The van der Waals surface area contributed by atoms with Gasteiger partial charge in [0.15, 0.2) is 0 Å². The van der Waals surface area contributed by atoms with Crippen LogP contribution >= 0.6 is 0 Å². The quantitative estimate of drug-likeness (QED) is 0.542. The molecule has 1 amide bonds. The predicted octanol–water partition coefficient (Wildman–Crippen LogP) is 1.44. The molecule has 0 saturated carbocycles. The molecule has 3 N–H and O–H groups in total. The van der Waals surface area contributed by atoms with E-state index in [1.165, 1.54) is 18.2 Å². The van der Waals surface area contributed by atoms with Gasteiger partial charge in [-0.25, -0.2) is 4.79 Å². The van der Waals surface area contributed by atoms with E-state index >= 15 is 0 Å². The van der Waals surface area contributed by atoms with Crippen molar-refractivity contribution in [3.8, 4) is 18.1 Å². The molecule has 88 valence electrons. The number of hydrogen-bond donors (Lipinski definition) is 3. The number of hydrogen-bond acceptors (Lipinski definition) is 3. The van der Waals surface area contributed by atoms with Gasteiger partial charge < -0.3 is 15.5 Å². The fourth-order valence-corrected chi connectivity index (χ4v) is 1.17. The predicted molar refractivity (Wildman–Crippen MR) is 61.8 cm³/mol. The number of phenolic OH excluding ortho intramolecular Hbond substituents is 1. The summed E-state index contributed by atoms with van der Waals surface area (Å²) in [6.07, 6.45) is 5.41. The molecule has 0 heterocycles. The third-order valence-electron chi connectivity index (χ3n) is 2.01. The van der Waals surface area contributed by atoms with Crippen molar-refractivity contribution >= 4 is 17.6 Å². The summed E-state index contributed by atoms with van der Waals surface area (Å²) in [5, 5.41) is 20.6. The molecular weight excluding hydrogens is 222 g/mol. The Bertz CT molecular complexity index is 488. The Kier molecular flexibility index (Phi) is 4.12. The molecule has 0 radical (unpaired) electrons. The Labute approximate surface area is 98.1 Å². The lowest BCUT2D eigenvalue weighted by Gasteiger charge is -2.07. The fourth-order valence-electron chi connectivity index (χ4n) is 1.17. The molecule has 0 aliphatic carbocycles. The Morgan fingerprint density at radius 2 is 2.12 bits per heavy atom. The van der Waals surface area contributed by atoms with Crippen LogP contribution in [-0.4, -0.2) is 22.1 Å². The summed E-state index contributed by atoms with van der Waals surface area (Å²) in [4.78, 5) is 22.0. The van der Waals surface area contributed by atoms with Gasteiger partial charge in [0.2, 0.25) is 5.91 Å². The number of phenols is 1. The molecule has 1 rings (SSSR count). The van der Waals surface area contributed by atoms with Gasteiger partial charge in [0.05, 0.1) is 11.3 Å². The first-order chi connectivity index (χ1) is 8.04. The molecule has 0 saturated heterocycles. The van der Waals surface area contributed by atoms with Crippen LogP contribution in [0.1, 0.15) is 23.2 Å². The second kappa shape index (κ2) is 5.56. The lowest BCUT2D eigenvalue weighted by Crippen LogP contribution is -2.11. The van der Waals surface area contributed by atoms with Crippen LogP contribution in [-0.2, 0) is 4.79 Å². The SMILES string of the molecule is C#CCCC(=O)Nc1cc(C(=O)O)ccc1O. The number of carboxylic acid groups (broad SMARTS) is 1. The van der Waals surface area contributed by atoms with E-state index in [1.54, 1.807) is 0 Å². The number of aromatic hydroxyl groups is 1. The summed E-state index contributed by atoms with van der Waals surface area (Å²) in [5.74, 6) is 0.611. The van der Waals surface area contributed by atoms with Crippen LogP contribution in [0.5, 0.6) is 5.75 Å². The summed E-state index contributed by atoms with van der Waals surface area (Å²) in [6.45, 7) is 0. The molecule has 1 aromatic rings. The number of terminal acetylenes is 1. The van der Waals surface area contributed by atoms with Gasteiger partial charge in [0.25, 0.3) is 0 Å². The van der Waals surface area contributed by atoms with Crippen LogP contribution in [0.25, 0.3) is 0 Å². The number of carbonyl (C=O) groups is 2. The third-order valence-corrected chi connectivity index (χ3v) is 2.01. The van der Waals surface area contributed by atoms with E-state index in [2.05, 4.69) is 11.2 Å². The molecule has 1 aromatic carbocycles. The minimum atomic E-state index is -1.14. The van der Waals surface area contributed by atoms with Crippen LogP contribution in [0, 0.1) is 12.3 Å². The second-order valence-corrected chi connectivity index (χ2v) is 3.29. The van der Waals surface area contributed by atoms with Gasteiger partial charge in [-0.3, -0.25) is 4.79 Å². The van der Waals surface area contributed by atoms with Gasteiger partial charge >= 0.3 is 5.97 Å². The highest BCUT2D eigenvalue weighted by Gasteiger charge is 2.10. The smallest absolute Gasteiger partial charge is 0.335 e. The number of rotatable bonds is 4. The molecule has 0 spiro atoms. The summed E-state index contributed by atoms with van der Waals surface area (Å²) in [5.41, 5.74) is 0.0435. The average Bonchev–Trinajstić information content (AvgIpc) is 2.29. The highest BCUT2D eigenvalue weighted by Crippen LogP contribution is 2.24. The normalized spacial score (nSPS) is 9.35. The zero-order valence-electron chi connectivity index (χ0n) is 8.93. The molecular formula is C12H11NO4. The van der Waals surface area contributed by atoms with Crippen molar-refractivity contribution < 1.29 is 19.8 Å². The Balaban J connectivity index is 2.83. The van der Waals surface area contributed by atoms with E-state index in [0.29, 0.717) is 0 Å². The van der Waals surface area contributed by atoms with Gasteiger partial charge in [0.1, 0.15) is 5.75 Å². The number of amides is 1. The topological polar surface area (TPSA) is 86.6 Å². The van der Waals surface area contributed by atoms with E-state index in [0.717, 1.165) is 0 Å². The first-order valence-corrected chi connectivity index (χ1v) is 4.84. The number of anilines is 1. The number of carbonyl (C=O) groups excluding carboxylic acids is 1. The molecule has 0 unspecified atom stereocenters. The van der Waals surface area contributed by atoms with Gasteiger partial charge in [-0.2, -0.15) is 0 Å². The van der Waals surface area contributed by atoms with Crippen molar-refractivity contribution in [1.82, 2.24) is 0 Å². The highest BCUT2D eigenvalue weighted by atomic mass is 16.4. The summed E-state index contributed by atoms with van der Waals surface area (Å²) < 4.78 is 0. The number of nitrogens with one attached hydrogen (secondary N) is 1. The molecule has 0 bridgehead atoms. The van der Waals surface area contributed by atoms with Gasteiger partial charge in [-0.15, -0.1) is 12.3 Å². The van der Waals surface area contributed by atoms with E-state index in [1.807, 2.05) is 0 Å². The molecule has 0 aromatic heterocycles. The molecule has 5 heteroatoms. The van der Waals surface area contributed by atoms with Crippen LogP contribution in [0.3, 0.4) is 0 Å². The lowest BCUT2D eigenvalue weighted by molar-refractivity contribution is -0.116. The molecule has 17 heavy (non-hydrogen) atoms. The number of aromatic carboxylic acids is 1. The van der Waals surface area contributed by atoms with Crippen LogP contribution in [0.15, 0.2) is 18.2 Å². The first kappa shape index (κ1) is 12.6. The molecule has 0 atom stereocenters. The van der Waals surface area contributed by atoms with Crippen molar-refractivity contribution in [2.24, 2.45) is 0 Å². The summed E-state index contributed by atoms with van der Waals surface area (Å²) in [7, 11) is 0. The van der Waals surface area contributed by atoms with Crippen molar-refractivity contribution in [2.75, 3.05) is 5.32 Å². The average molecular weight is 233 g/mol. The maximum atomic E-state index is 11.3. The van der Waals surface area contributed by atoms with Crippen LogP contribution in [0.2, 0.25) is 0 Å². The fraction of sp³-hybridized carbons (Fsp3) is 0.167. The maximum absolute atomic E-state index is 11.3. The van der Waals surface area contributed by atoms with Gasteiger partial charge in [-0.1, -0.05) is 0 Å². The highest BCUT2D eigenvalue weighted by molar-refractivity contribution is 5.95. The minimum Gasteiger partial charge on any atom is -0.506 e. The van der Waals surface area contributed by atoms with Gasteiger partial charge in [0, 0.05) is 12.8 Å². The summed E-state index contributed by atoms with van der Waals surface area (Å²) in [6, 6.07) is 3.64. The van der Waals surface area contributed by atoms with E-state index < -0.39 is 5.97 Å². The Hall–Kier alpha value is -2.48. The van der Waals surface area contributed by atoms with E-state index in [4.69, 9.17) is 11.5 Å². The largest absolute Gasteiger partial charge is 0.506 e. The lowest BCUT2D eigenvalue weighted by atomic mass is 10.2. The standard InChI is InChI=1S/C12H11NO4/c1-2-3-4-11(15)13-9-7-8(12(16)17)5-6-10(9)14/h1,5-7,14H,3-4H2,(H,13,15)(H,16,17). The van der Waals surface area contributed by atoms with Crippen molar-refractivity contribution in [3.05, 3.63) is 23.8 Å². The number of carboxylic acids is 1. The van der Waals surface area contributed by atoms with Crippen molar-refractivity contribution in [2.45, 2.75) is 12.8 Å². The molecule has 0 aliphatic rings.